The van der Waals surface area contributed by atoms with Crippen molar-refractivity contribution in [2.75, 3.05) is 0 Å². The van der Waals surface area contributed by atoms with E-state index in [4.69, 9.17) is 14.0 Å². The standard InChI is InChI=1S/C19H23BF2O3/c1-7-14(20-24-18(3,4)19(5,6)25-20)12-11-13(2)23-16-10-8-9-15(21)17(16)22/h7-12H,1H2,2-6H3/b13-11+,14-12+. The minimum atomic E-state index is -1.02. The lowest BCUT2D eigenvalue weighted by Crippen LogP contribution is -2.41. The Bertz CT molecular complexity index is 707. The molecule has 1 saturated heterocycles. The maximum Gasteiger partial charge on any atom is 0.494 e. The van der Waals surface area contributed by atoms with Gasteiger partial charge in [-0.25, -0.2) is 4.39 Å². The first-order valence-corrected chi connectivity index (χ1v) is 8.06. The molecular formula is C19H23BF2O3. The normalized spacial score (nSPS) is 19.9. The number of hydrogen-bond acceptors (Lipinski definition) is 3. The summed E-state index contributed by atoms with van der Waals surface area (Å²) in [5.41, 5.74) is -0.208. The molecule has 1 heterocycles. The van der Waals surface area contributed by atoms with E-state index in [2.05, 4.69) is 6.58 Å². The topological polar surface area (TPSA) is 27.7 Å². The second kappa shape index (κ2) is 7.14. The van der Waals surface area contributed by atoms with Crippen LogP contribution in [-0.4, -0.2) is 18.3 Å². The van der Waals surface area contributed by atoms with Crippen LogP contribution in [0.2, 0.25) is 0 Å². The Labute approximate surface area is 148 Å². The zero-order valence-electron chi connectivity index (χ0n) is 15.2. The SMILES string of the molecule is C=C/C(=C\C=C(/C)Oc1cccc(F)c1F)B1OC(C)(C)C(C)(C)O1. The summed E-state index contributed by atoms with van der Waals surface area (Å²) in [6, 6.07) is 3.79. The maximum atomic E-state index is 13.6. The van der Waals surface area contributed by atoms with Crippen LogP contribution >= 0.6 is 0 Å². The Hall–Kier alpha value is -1.92. The molecule has 0 bridgehead atoms. The van der Waals surface area contributed by atoms with Crippen LogP contribution in [0.3, 0.4) is 0 Å². The van der Waals surface area contributed by atoms with Gasteiger partial charge in [-0.1, -0.05) is 24.8 Å². The summed E-state index contributed by atoms with van der Waals surface area (Å²) in [5, 5.41) is 0. The van der Waals surface area contributed by atoms with E-state index < -0.39 is 30.0 Å². The summed E-state index contributed by atoms with van der Waals surface area (Å²) < 4.78 is 44.1. The van der Waals surface area contributed by atoms with Gasteiger partial charge in [0.2, 0.25) is 5.82 Å². The molecule has 0 unspecified atom stereocenters. The van der Waals surface area contributed by atoms with Gasteiger partial charge < -0.3 is 14.0 Å². The van der Waals surface area contributed by atoms with Crippen molar-refractivity contribution in [3.63, 3.8) is 0 Å². The minimum absolute atomic E-state index is 0.169. The van der Waals surface area contributed by atoms with E-state index >= 15 is 0 Å². The van der Waals surface area contributed by atoms with Gasteiger partial charge in [0.15, 0.2) is 11.6 Å². The molecule has 1 aliphatic heterocycles. The van der Waals surface area contributed by atoms with Gasteiger partial charge in [-0.3, -0.25) is 0 Å². The molecule has 2 rings (SSSR count). The number of allylic oxidation sites excluding steroid dienone is 5. The quantitative estimate of drug-likeness (QED) is 0.426. The van der Waals surface area contributed by atoms with Crippen molar-refractivity contribution in [2.45, 2.75) is 45.8 Å². The van der Waals surface area contributed by atoms with Crippen molar-refractivity contribution in [1.82, 2.24) is 0 Å². The van der Waals surface area contributed by atoms with Crippen molar-refractivity contribution < 1.29 is 22.8 Å². The molecule has 6 heteroatoms. The first-order chi connectivity index (χ1) is 11.6. The molecule has 1 fully saturated rings. The fraction of sp³-hybridized carbons (Fsp3) is 0.368. The van der Waals surface area contributed by atoms with Crippen molar-refractivity contribution >= 4 is 7.12 Å². The zero-order valence-corrected chi connectivity index (χ0v) is 15.2. The molecule has 1 aromatic carbocycles. The Morgan fingerprint density at radius 2 is 1.72 bits per heavy atom. The van der Waals surface area contributed by atoms with E-state index in [0.29, 0.717) is 11.2 Å². The lowest BCUT2D eigenvalue weighted by Gasteiger charge is -2.32. The molecule has 1 aliphatic rings. The van der Waals surface area contributed by atoms with E-state index in [1.54, 1.807) is 25.2 Å². The number of halogens is 2. The van der Waals surface area contributed by atoms with Crippen molar-refractivity contribution in [3.8, 4) is 5.75 Å². The van der Waals surface area contributed by atoms with Crippen LogP contribution in [0.1, 0.15) is 34.6 Å². The average molecular weight is 348 g/mol. The fourth-order valence-electron chi connectivity index (χ4n) is 2.21. The summed E-state index contributed by atoms with van der Waals surface area (Å²) in [7, 11) is -0.558. The lowest BCUT2D eigenvalue weighted by molar-refractivity contribution is 0.00578. The second-order valence-corrected chi connectivity index (χ2v) is 6.89. The van der Waals surface area contributed by atoms with Crippen molar-refractivity contribution in [3.05, 3.63) is 65.9 Å². The summed E-state index contributed by atoms with van der Waals surface area (Å²) in [6.07, 6.45) is 4.99. The van der Waals surface area contributed by atoms with Gasteiger partial charge in [0.05, 0.1) is 11.2 Å². The third kappa shape index (κ3) is 4.19. The van der Waals surface area contributed by atoms with Gasteiger partial charge in [-0.2, -0.15) is 4.39 Å². The van der Waals surface area contributed by atoms with Gasteiger partial charge in [0.1, 0.15) is 5.76 Å². The summed E-state index contributed by atoms with van der Waals surface area (Å²) in [5.74, 6) is -1.75. The van der Waals surface area contributed by atoms with Crippen LogP contribution in [0.15, 0.2) is 54.2 Å². The monoisotopic (exact) mass is 348 g/mol. The highest BCUT2D eigenvalue weighted by Gasteiger charge is 2.51. The van der Waals surface area contributed by atoms with Crippen LogP contribution in [0, 0.1) is 11.6 Å². The van der Waals surface area contributed by atoms with E-state index in [1.807, 2.05) is 27.7 Å². The maximum absolute atomic E-state index is 13.6. The molecule has 3 nitrogen and oxygen atoms in total. The number of rotatable bonds is 5. The zero-order chi connectivity index (χ0) is 18.8. The smallest absolute Gasteiger partial charge is 0.459 e. The Balaban J connectivity index is 2.16. The molecule has 0 spiro atoms. The highest BCUT2D eigenvalue weighted by molar-refractivity contribution is 6.55. The van der Waals surface area contributed by atoms with E-state index in [1.165, 1.54) is 12.1 Å². The predicted molar refractivity (Wildman–Crippen MR) is 95.1 cm³/mol. The Morgan fingerprint density at radius 1 is 1.12 bits per heavy atom. The molecule has 0 aliphatic carbocycles. The highest BCUT2D eigenvalue weighted by atomic mass is 19.2. The molecule has 0 N–H and O–H groups in total. The molecule has 134 valence electrons. The highest BCUT2D eigenvalue weighted by Crippen LogP contribution is 2.38. The number of ether oxygens (including phenoxy) is 1. The Morgan fingerprint density at radius 3 is 2.28 bits per heavy atom. The third-order valence-corrected chi connectivity index (χ3v) is 4.46. The Kier molecular flexibility index (Phi) is 5.54. The first kappa shape index (κ1) is 19.4. The molecule has 0 saturated carbocycles. The van der Waals surface area contributed by atoms with Crippen LogP contribution in [0.4, 0.5) is 8.78 Å². The van der Waals surface area contributed by atoms with Gasteiger partial charge in [-0.05, 0) is 58.3 Å². The number of benzene rings is 1. The fourth-order valence-corrected chi connectivity index (χ4v) is 2.21. The summed E-state index contributed by atoms with van der Waals surface area (Å²) in [6.45, 7) is 13.3. The molecule has 0 radical (unpaired) electrons. The van der Waals surface area contributed by atoms with Crippen LogP contribution in [-0.2, 0) is 9.31 Å². The van der Waals surface area contributed by atoms with Crippen molar-refractivity contribution in [2.24, 2.45) is 0 Å². The molecular weight excluding hydrogens is 325 g/mol. The average Bonchev–Trinajstić information content (AvgIpc) is 2.72. The molecule has 25 heavy (non-hydrogen) atoms. The van der Waals surface area contributed by atoms with Crippen molar-refractivity contribution in [1.29, 1.82) is 0 Å². The lowest BCUT2D eigenvalue weighted by atomic mass is 9.78. The predicted octanol–water partition coefficient (Wildman–Crippen LogP) is 4.99. The largest absolute Gasteiger partial charge is 0.494 e. The van der Waals surface area contributed by atoms with Gasteiger partial charge in [0, 0.05) is 0 Å². The molecule has 1 aromatic rings. The number of hydrogen-bond donors (Lipinski definition) is 0. The molecule has 0 atom stereocenters. The van der Waals surface area contributed by atoms with Crippen LogP contribution < -0.4 is 4.74 Å². The first-order valence-electron chi connectivity index (χ1n) is 8.06. The van der Waals surface area contributed by atoms with E-state index in [0.717, 1.165) is 6.07 Å². The summed E-state index contributed by atoms with van der Waals surface area (Å²) in [4.78, 5) is 0. The minimum Gasteiger partial charge on any atom is -0.459 e. The van der Waals surface area contributed by atoms with Gasteiger partial charge in [0.25, 0.3) is 0 Å². The summed E-state index contributed by atoms with van der Waals surface area (Å²) >= 11 is 0. The molecule has 0 amide bonds. The van der Waals surface area contributed by atoms with E-state index in [-0.39, 0.29) is 5.75 Å². The van der Waals surface area contributed by atoms with E-state index in [9.17, 15) is 8.78 Å². The third-order valence-electron chi connectivity index (χ3n) is 4.46. The van der Waals surface area contributed by atoms with Gasteiger partial charge in [-0.15, -0.1) is 0 Å². The van der Waals surface area contributed by atoms with Crippen LogP contribution in [0.5, 0.6) is 5.75 Å². The van der Waals surface area contributed by atoms with Crippen LogP contribution in [0.25, 0.3) is 0 Å². The molecule has 0 aromatic heterocycles. The van der Waals surface area contributed by atoms with Gasteiger partial charge >= 0.3 is 7.12 Å². The second-order valence-electron chi connectivity index (χ2n) is 6.89.